The van der Waals surface area contributed by atoms with E-state index in [2.05, 4.69) is 10.1 Å². The van der Waals surface area contributed by atoms with Crippen LogP contribution in [-0.2, 0) is 4.79 Å². The van der Waals surface area contributed by atoms with E-state index < -0.39 is 6.61 Å². The standard InChI is InChI=1S/C15H20F2N2O2/c1-10(2)14(20)18-11-7-8-19(9-11)12-5-3-4-6-13(12)21-15(16)17/h3-6,10-11,15H,7-9H2,1-2H3,(H,18,20)/t11-/m0/s1. The lowest BCUT2D eigenvalue weighted by Gasteiger charge is -2.22. The van der Waals surface area contributed by atoms with Gasteiger partial charge in [-0.15, -0.1) is 0 Å². The van der Waals surface area contributed by atoms with Crippen molar-refractivity contribution < 1.29 is 18.3 Å². The van der Waals surface area contributed by atoms with Crippen LogP contribution in [0.15, 0.2) is 24.3 Å². The number of carbonyl (C=O) groups excluding carboxylic acids is 1. The lowest BCUT2D eigenvalue weighted by atomic mass is 10.2. The molecule has 1 amide bonds. The van der Waals surface area contributed by atoms with Gasteiger partial charge >= 0.3 is 6.61 Å². The van der Waals surface area contributed by atoms with Gasteiger partial charge in [-0.1, -0.05) is 26.0 Å². The Morgan fingerprint density at radius 3 is 2.76 bits per heavy atom. The Morgan fingerprint density at radius 1 is 1.38 bits per heavy atom. The smallest absolute Gasteiger partial charge is 0.387 e. The summed E-state index contributed by atoms with van der Waals surface area (Å²) in [6.45, 7) is 2.14. The van der Waals surface area contributed by atoms with Crippen molar-refractivity contribution in [3.8, 4) is 5.75 Å². The molecule has 0 aliphatic carbocycles. The number of nitrogens with zero attached hydrogens (tertiary/aromatic N) is 1. The van der Waals surface area contributed by atoms with Crippen molar-refractivity contribution in [2.24, 2.45) is 5.92 Å². The molecule has 2 rings (SSSR count). The molecule has 1 aliphatic heterocycles. The van der Waals surface area contributed by atoms with Gasteiger partial charge in [0, 0.05) is 25.0 Å². The zero-order chi connectivity index (χ0) is 15.4. The van der Waals surface area contributed by atoms with Crippen LogP contribution in [0.4, 0.5) is 14.5 Å². The molecule has 0 radical (unpaired) electrons. The van der Waals surface area contributed by atoms with Crippen LogP contribution >= 0.6 is 0 Å². The lowest BCUT2D eigenvalue weighted by Crippen LogP contribution is -2.39. The summed E-state index contributed by atoms with van der Waals surface area (Å²) in [5.41, 5.74) is 0.638. The second-order valence-corrected chi connectivity index (χ2v) is 5.44. The molecule has 1 aromatic rings. The van der Waals surface area contributed by atoms with Crippen molar-refractivity contribution in [3.05, 3.63) is 24.3 Å². The molecule has 1 atom stereocenters. The molecule has 0 saturated carbocycles. The monoisotopic (exact) mass is 298 g/mol. The number of rotatable bonds is 5. The molecule has 4 nitrogen and oxygen atoms in total. The summed E-state index contributed by atoms with van der Waals surface area (Å²) >= 11 is 0. The topological polar surface area (TPSA) is 41.6 Å². The molecular formula is C15H20F2N2O2. The predicted octanol–water partition coefficient (Wildman–Crippen LogP) is 2.64. The number of anilines is 1. The second-order valence-electron chi connectivity index (χ2n) is 5.44. The molecule has 0 spiro atoms. The van der Waals surface area contributed by atoms with Gasteiger partial charge in [-0.2, -0.15) is 8.78 Å². The fraction of sp³-hybridized carbons (Fsp3) is 0.533. The first-order valence-electron chi connectivity index (χ1n) is 7.06. The molecule has 1 aliphatic rings. The number of halogens is 2. The fourth-order valence-electron chi connectivity index (χ4n) is 2.38. The number of amides is 1. The van der Waals surface area contributed by atoms with E-state index in [4.69, 9.17) is 0 Å². The number of ether oxygens (including phenoxy) is 1. The molecule has 21 heavy (non-hydrogen) atoms. The third-order valence-electron chi connectivity index (χ3n) is 3.48. The molecule has 1 N–H and O–H groups in total. The Bertz CT molecular complexity index is 494. The number of alkyl halides is 2. The van der Waals surface area contributed by atoms with E-state index in [0.717, 1.165) is 6.42 Å². The van der Waals surface area contributed by atoms with E-state index in [0.29, 0.717) is 18.8 Å². The third kappa shape index (κ3) is 4.06. The van der Waals surface area contributed by atoms with E-state index >= 15 is 0 Å². The minimum Gasteiger partial charge on any atom is -0.433 e. The largest absolute Gasteiger partial charge is 0.433 e. The Hall–Kier alpha value is -1.85. The quantitative estimate of drug-likeness (QED) is 0.908. The maximum Gasteiger partial charge on any atom is 0.387 e. The van der Waals surface area contributed by atoms with Gasteiger partial charge in [0.05, 0.1) is 5.69 Å². The number of hydrogen-bond donors (Lipinski definition) is 1. The SMILES string of the molecule is CC(C)C(=O)N[C@H]1CCN(c2ccccc2OC(F)F)C1. The van der Waals surface area contributed by atoms with Crippen LogP contribution < -0.4 is 15.0 Å². The van der Waals surface area contributed by atoms with Gasteiger partial charge in [-0.05, 0) is 18.6 Å². The Morgan fingerprint density at radius 2 is 2.10 bits per heavy atom. The van der Waals surface area contributed by atoms with Crippen LogP contribution in [-0.4, -0.2) is 31.7 Å². The van der Waals surface area contributed by atoms with Gasteiger partial charge in [0.1, 0.15) is 5.75 Å². The number of para-hydroxylation sites is 2. The van der Waals surface area contributed by atoms with Crippen molar-refractivity contribution in [1.82, 2.24) is 5.32 Å². The Balaban J connectivity index is 2.03. The first kappa shape index (κ1) is 15.5. The average Bonchev–Trinajstić information content (AvgIpc) is 2.87. The number of benzene rings is 1. The molecule has 0 unspecified atom stereocenters. The molecule has 1 fully saturated rings. The summed E-state index contributed by atoms with van der Waals surface area (Å²) in [4.78, 5) is 13.7. The average molecular weight is 298 g/mol. The summed E-state index contributed by atoms with van der Waals surface area (Å²) in [5.74, 6) is 0.121. The van der Waals surface area contributed by atoms with Crippen molar-refractivity contribution in [1.29, 1.82) is 0 Å². The summed E-state index contributed by atoms with van der Waals surface area (Å²) in [6, 6.07) is 6.77. The fourth-order valence-corrected chi connectivity index (χ4v) is 2.38. The highest BCUT2D eigenvalue weighted by molar-refractivity contribution is 5.78. The predicted molar refractivity (Wildman–Crippen MR) is 76.7 cm³/mol. The van der Waals surface area contributed by atoms with E-state index in [9.17, 15) is 13.6 Å². The molecule has 1 saturated heterocycles. The van der Waals surface area contributed by atoms with E-state index in [1.807, 2.05) is 18.7 Å². The molecule has 0 bridgehead atoms. The van der Waals surface area contributed by atoms with Crippen LogP contribution in [0.25, 0.3) is 0 Å². The zero-order valence-electron chi connectivity index (χ0n) is 12.2. The van der Waals surface area contributed by atoms with Gasteiger partial charge < -0.3 is 15.0 Å². The van der Waals surface area contributed by atoms with E-state index in [1.165, 1.54) is 6.07 Å². The molecule has 116 valence electrons. The number of hydrogen-bond acceptors (Lipinski definition) is 3. The van der Waals surface area contributed by atoms with Gasteiger partial charge in [0.2, 0.25) is 5.91 Å². The molecular weight excluding hydrogens is 278 g/mol. The number of carbonyl (C=O) groups is 1. The van der Waals surface area contributed by atoms with Crippen LogP contribution in [0.5, 0.6) is 5.75 Å². The summed E-state index contributed by atoms with van der Waals surface area (Å²) in [6.07, 6.45) is 0.793. The van der Waals surface area contributed by atoms with Crippen molar-refractivity contribution in [2.75, 3.05) is 18.0 Å². The highest BCUT2D eigenvalue weighted by Gasteiger charge is 2.26. The van der Waals surface area contributed by atoms with Crippen LogP contribution in [0, 0.1) is 5.92 Å². The highest BCUT2D eigenvalue weighted by Crippen LogP contribution is 2.31. The molecule has 1 aromatic carbocycles. The maximum absolute atomic E-state index is 12.4. The summed E-state index contributed by atoms with van der Waals surface area (Å²) in [5, 5.41) is 2.97. The van der Waals surface area contributed by atoms with Crippen LogP contribution in [0.2, 0.25) is 0 Å². The zero-order valence-corrected chi connectivity index (χ0v) is 12.2. The highest BCUT2D eigenvalue weighted by atomic mass is 19.3. The van der Waals surface area contributed by atoms with Crippen molar-refractivity contribution in [3.63, 3.8) is 0 Å². The molecule has 6 heteroatoms. The minimum atomic E-state index is -2.84. The van der Waals surface area contributed by atoms with E-state index in [-0.39, 0.29) is 23.6 Å². The lowest BCUT2D eigenvalue weighted by molar-refractivity contribution is -0.124. The van der Waals surface area contributed by atoms with Crippen LogP contribution in [0.1, 0.15) is 20.3 Å². The first-order chi connectivity index (χ1) is 9.97. The Labute approximate surface area is 123 Å². The van der Waals surface area contributed by atoms with Crippen LogP contribution in [0.3, 0.4) is 0 Å². The van der Waals surface area contributed by atoms with E-state index in [1.54, 1.807) is 18.2 Å². The van der Waals surface area contributed by atoms with Gasteiger partial charge in [-0.25, -0.2) is 0 Å². The van der Waals surface area contributed by atoms with Crippen molar-refractivity contribution in [2.45, 2.75) is 32.9 Å². The summed E-state index contributed by atoms with van der Waals surface area (Å²) in [7, 11) is 0. The molecule has 1 heterocycles. The Kier molecular flexibility index (Phi) is 4.98. The van der Waals surface area contributed by atoms with Gasteiger partial charge in [0.25, 0.3) is 0 Å². The third-order valence-corrected chi connectivity index (χ3v) is 3.48. The normalized spacial score (nSPS) is 18.4. The van der Waals surface area contributed by atoms with Gasteiger partial charge in [0.15, 0.2) is 0 Å². The maximum atomic E-state index is 12.4. The number of nitrogens with one attached hydrogen (secondary N) is 1. The van der Waals surface area contributed by atoms with Gasteiger partial charge in [-0.3, -0.25) is 4.79 Å². The van der Waals surface area contributed by atoms with Crippen molar-refractivity contribution >= 4 is 11.6 Å². The minimum absolute atomic E-state index is 0.0129. The first-order valence-corrected chi connectivity index (χ1v) is 7.06. The molecule has 0 aromatic heterocycles. The second kappa shape index (κ2) is 6.74. The summed E-state index contributed by atoms with van der Waals surface area (Å²) < 4.78 is 29.4.